The maximum absolute atomic E-state index is 13.0. The summed E-state index contributed by atoms with van der Waals surface area (Å²) in [6.07, 6.45) is 3.30. The van der Waals surface area contributed by atoms with Crippen molar-refractivity contribution in [3.63, 3.8) is 0 Å². The first-order valence-electron chi connectivity index (χ1n) is 10.0. The van der Waals surface area contributed by atoms with Crippen molar-refractivity contribution in [2.75, 3.05) is 10.6 Å². The zero-order valence-electron chi connectivity index (χ0n) is 17.4. The monoisotopic (exact) mass is 428 g/mol. The molecule has 0 bridgehead atoms. The van der Waals surface area contributed by atoms with E-state index in [1.807, 2.05) is 47.9 Å². The van der Waals surface area contributed by atoms with Gasteiger partial charge in [0, 0.05) is 29.7 Å². The lowest BCUT2D eigenvalue weighted by Gasteiger charge is -2.07. The van der Waals surface area contributed by atoms with Gasteiger partial charge >= 0.3 is 0 Å². The molecule has 0 fully saturated rings. The maximum Gasteiger partial charge on any atom is 0.275 e. The molecule has 0 unspecified atom stereocenters. The summed E-state index contributed by atoms with van der Waals surface area (Å²) in [7, 11) is 0. The number of rotatable bonds is 6. The highest BCUT2D eigenvalue weighted by Gasteiger charge is 2.10. The van der Waals surface area contributed by atoms with E-state index in [1.54, 1.807) is 24.7 Å². The molecule has 160 valence electrons. The molecule has 4 rings (SSSR count). The number of amides is 2. The molecule has 0 saturated carbocycles. The minimum atomic E-state index is -0.388. The third kappa shape index (κ3) is 5.26. The number of aromatic nitrogens is 2. The van der Waals surface area contributed by atoms with Crippen molar-refractivity contribution >= 4 is 23.2 Å². The summed E-state index contributed by atoms with van der Waals surface area (Å²) in [5.74, 6) is -0.967. The lowest BCUT2D eigenvalue weighted by molar-refractivity contribution is 0.101. The average molecular weight is 428 g/mol. The van der Waals surface area contributed by atoms with E-state index < -0.39 is 0 Å². The zero-order valence-corrected chi connectivity index (χ0v) is 17.4. The Balaban J connectivity index is 1.35. The highest BCUT2D eigenvalue weighted by atomic mass is 19.1. The van der Waals surface area contributed by atoms with Crippen LogP contribution < -0.4 is 10.6 Å². The second-order valence-electron chi connectivity index (χ2n) is 7.41. The smallest absolute Gasteiger partial charge is 0.275 e. The molecular weight excluding hydrogens is 407 g/mol. The van der Waals surface area contributed by atoms with Gasteiger partial charge in [-0.15, -0.1) is 0 Å². The van der Waals surface area contributed by atoms with E-state index in [0.29, 0.717) is 23.5 Å². The summed E-state index contributed by atoms with van der Waals surface area (Å²) in [6.45, 7) is 2.49. The number of carbonyl (C=O) groups is 2. The van der Waals surface area contributed by atoms with Gasteiger partial charge in [-0.2, -0.15) is 0 Å². The molecule has 32 heavy (non-hydrogen) atoms. The second-order valence-corrected chi connectivity index (χ2v) is 7.41. The number of nitrogens with one attached hydrogen (secondary N) is 2. The van der Waals surface area contributed by atoms with Crippen LogP contribution in [0.15, 0.2) is 85.3 Å². The Morgan fingerprint density at radius 2 is 1.62 bits per heavy atom. The topological polar surface area (TPSA) is 76.0 Å². The van der Waals surface area contributed by atoms with Crippen molar-refractivity contribution < 1.29 is 14.0 Å². The van der Waals surface area contributed by atoms with Gasteiger partial charge in [0.25, 0.3) is 11.8 Å². The lowest BCUT2D eigenvalue weighted by atomic mass is 10.1. The molecule has 0 aliphatic heterocycles. The first kappa shape index (κ1) is 21.0. The van der Waals surface area contributed by atoms with E-state index in [0.717, 1.165) is 16.8 Å². The van der Waals surface area contributed by atoms with Gasteiger partial charge in [-0.25, -0.2) is 9.37 Å². The molecule has 0 saturated heterocycles. The SMILES string of the molecule is Cc1cccc(NC(=O)c2cn(Cc3ccc(NC(=O)c4ccc(F)cc4)cc3)cn2)c1. The van der Waals surface area contributed by atoms with Gasteiger partial charge in [-0.05, 0) is 66.6 Å². The zero-order chi connectivity index (χ0) is 22.5. The van der Waals surface area contributed by atoms with Crippen LogP contribution in [0.3, 0.4) is 0 Å². The van der Waals surface area contributed by atoms with Crippen molar-refractivity contribution in [3.8, 4) is 0 Å². The Labute approximate surface area is 184 Å². The predicted octanol–water partition coefficient (Wildman–Crippen LogP) is 4.88. The number of benzene rings is 3. The highest BCUT2D eigenvalue weighted by Crippen LogP contribution is 2.14. The Morgan fingerprint density at radius 3 is 2.34 bits per heavy atom. The number of aryl methyl sites for hydroxylation is 1. The van der Waals surface area contributed by atoms with Crippen LogP contribution >= 0.6 is 0 Å². The molecule has 1 heterocycles. The number of carbonyl (C=O) groups excluding carboxylic acids is 2. The molecule has 0 radical (unpaired) electrons. The van der Waals surface area contributed by atoms with Crippen LogP contribution in [0.4, 0.5) is 15.8 Å². The van der Waals surface area contributed by atoms with Crippen LogP contribution in [0, 0.1) is 12.7 Å². The van der Waals surface area contributed by atoms with Crippen LogP contribution in [0.2, 0.25) is 0 Å². The molecule has 3 aromatic carbocycles. The molecule has 0 atom stereocenters. The summed E-state index contributed by atoms with van der Waals surface area (Å²) >= 11 is 0. The van der Waals surface area contributed by atoms with Crippen LogP contribution in [0.1, 0.15) is 32.0 Å². The Kier molecular flexibility index (Phi) is 6.07. The van der Waals surface area contributed by atoms with Crippen molar-refractivity contribution in [3.05, 3.63) is 114 Å². The first-order chi connectivity index (χ1) is 15.5. The normalized spacial score (nSPS) is 10.6. The molecule has 4 aromatic rings. The fraction of sp³-hybridized carbons (Fsp3) is 0.0800. The molecule has 7 heteroatoms. The van der Waals surface area contributed by atoms with Crippen molar-refractivity contribution in [1.82, 2.24) is 9.55 Å². The van der Waals surface area contributed by atoms with Crippen molar-refractivity contribution in [2.45, 2.75) is 13.5 Å². The third-order valence-electron chi connectivity index (χ3n) is 4.83. The van der Waals surface area contributed by atoms with E-state index in [1.165, 1.54) is 24.3 Å². The van der Waals surface area contributed by atoms with Crippen molar-refractivity contribution in [2.24, 2.45) is 0 Å². The molecule has 0 spiro atoms. The first-order valence-corrected chi connectivity index (χ1v) is 10.0. The summed E-state index contributed by atoms with van der Waals surface area (Å²) in [4.78, 5) is 28.9. The average Bonchev–Trinajstić information content (AvgIpc) is 3.24. The summed E-state index contributed by atoms with van der Waals surface area (Å²) in [5, 5.41) is 5.62. The Hall–Kier alpha value is -4.26. The minimum Gasteiger partial charge on any atom is -0.332 e. The van der Waals surface area contributed by atoms with Gasteiger partial charge in [-0.1, -0.05) is 24.3 Å². The molecule has 0 aliphatic rings. The number of halogens is 1. The second kappa shape index (κ2) is 9.26. The maximum atomic E-state index is 13.0. The number of anilines is 2. The fourth-order valence-electron chi connectivity index (χ4n) is 3.19. The Morgan fingerprint density at radius 1 is 0.906 bits per heavy atom. The van der Waals surface area contributed by atoms with E-state index in [4.69, 9.17) is 0 Å². The highest BCUT2D eigenvalue weighted by molar-refractivity contribution is 6.04. The molecular formula is C25H21FN4O2. The minimum absolute atomic E-state index is 0.270. The number of hydrogen-bond acceptors (Lipinski definition) is 3. The predicted molar refractivity (Wildman–Crippen MR) is 121 cm³/mol. The van der Waals surface area contributed by atoms with E-state index in [2.05, 4.69) is 15.6 Å². The Bertz CT molecular complexity index is 1250. The van der Waals surface area contributed by atoms with E-state index in [-0.39, 0.29) is 17.6 Å². The van der Waals surface area contributed by atoms with Gasteiger partial charge in [0.15, 0.2) is 0 Å². The van der Waals surface area contributed by atoms with E-state index in [9.17, 15) is 14.0 Å². The van der Waals surface area contributed by atoms with Gasteiger partial charge in [0.2, 0.25) is 0 Å². The summed E-state index contributed by atoms with van der Waals surface area (Å²) in [6, 6.07) is 20.3. The van der Waals surface area contributed by atoms with Gasteiger partial charge < -0.3 is 15.2 Å². The summed E-state index contributed by atoms with van der Waals surface area (Å²) in [5.41, 5.74) is 4.10. The number of imidazole rings is 1. The largest absolute Gasteiger partial charge is 0.332 e. The van der Waals surface area contributed by atoms with Crippen LogP contribution in [-0.2, 0) is 6.54 Å². The molecule has 2 amide bonds. The summed E-state index contributed by atoms with van der Waals surface area (Å²) < 4.78 is 14.8. The van der Waals surface area contributed by atoms with Gasteiger partial charge in [0.1, 0.15) is 11.5 Å². The van der Waals surface area contributed by atoms with Crippen LogP contribution in [0.25, 0.3) is 0 Å². The molecule has 2 N–H and O–H groups in total. The van der Waals surface area contributed by atoms with Crippen LogP contribution in [-0.4, -0.2) is 21.4 Å². The lowest BCUT2D eigenvalue weighted by Crippen LogP contribution is -2.12. The van der Waals surface area contributed by atoms with Crippen LogP contribution in [0.5, 0.6) is 0 Å². The van der Waals surface area contributed by atoms with Crippen molar-refractivity contribution in [1.29, 1.82) is 0 Å². The quantitative estimate of drug-likeness (QED) is 0.459. The molecule has 6 nitrogen and oxygen atoms in total. The molecule has 1 aromatic heterocycles. The number of hydrogen-bond donors (Lipinski definition) is 2. The van der Waals surface area contributed by atoms with Gasteiger partial charge in [-0.3, -0.25) is 9.59 Å². The fourth-order valence-corrected chi connectivity index (χ4v) is 3.19. The van der Waals surface area contributed by atoms with Gasteiger partial charge in [0.05, 0.1) is 6.33 Å². The third-order valence-corrected chi connectivity index (χ3v) is 4.83. The number of nitrogens with zero attached hydrogens (tertiary/aromatic N) is 2. The van der Waals surface area contributed by atoms with E-state index >= 15 is 0 Å². The molecule has 0 aliphatic carbocycles. The standard InChI is InChI=1S/C25H21FN4O2/c1-17-3-2-4-22(13-17)29-25(32)23-15-30(16-27-23)14-18-5-11-21(12-6-18)28-24(31)19-7-9-20(26)10-8-19/h2-13,15-16H,14H2,1H3,(H,28,31)(H,29,32).